The fourth-order valence-corrected chi connectivity index (χ4v) is 1.49. The van der Waals surface area contributed by atoms with Gasteiger partial charge in [0.25, 0.3) is 5.91 Å². The number of pyridine rings is 1. The summed E-state index contributed by atoms with van der Waals surface area (Å²) in [5, 5.41) is 2.71. The smallest absolute Gasteiger partial charge is 0.253 e. The number of hydrogen-bond donors (Lipinski definition) is 1. The fourth-order valence-electron chi connectivity index (χ4n) is 1.35. The van der Waals surface area contributed by atoms with Gasteiger partial charge in [0.05, 0.1) is 5.56 Å². The van der Waals surface area contributed by atoms with Crippen LogP contribution in [0.15, 0.2) is 48.1 Å². The lowest BCUT2D eigenvalue weighted by Gasteiger charge is -2.05. The molecule has 6 heteroatoms. The summed E-state index contributed by atoms with van der Waals surface area (Å²) in [6, 6.07) is 3.48. The van der Waals surface area contributed by atoms with Gasteiger partial charge in [0.15, 0.2) is 0 Å². The second-order valence-corrected chi connectivity index (χ2v) is 4.70. The van der Waals surface area contributed by atoms with Crippen molar-refractivity contribution in [1.29, 1.82) is 0 Å². The van der Waals surface area contributed by atoms with Crippen molar-refractivity contribution >= 4 is 21.8 Å². The molecule has 0 saturated carbocycles. The van der Waals surface area contributed by atoms with E-state index in [1.165, 1.54) is 6.20 Å². The molecule has 0 unspecified atom stereocenters. The molecule has 0 atom stereocenters. The van der Waals surface area contributed by atoms with E-state index in [4.69, 9.17) is 0 Å². The highest BCUT2D eigenvalue weighted by Gasteiger charge is 2.06. The third-order valence-electron chi connectivity index (χ3n) is 2.22. The summed E-state index contributed by atoms with van der Waals surface area (Å²) in [4.78, 5) is 19.8. The third-order valence-corrected chi connectivity index (χ3v) is 2.50. The van der Waals surface area contributed by atoms with E-state index >= 15 is 0 Å². The van der Waals surface area contributed by atoms with E-state index in [1.807, 2.05) is 0 Å². The maximum atomic E-state index is 11.7. The van der Waals surface area contributed by atoms with Gasteiger partial charge in [0, 0.05) is 29.6 Å². The molecule has 2 heterocycles. The van der Waals surface area contributed by atoms with Crippen LogP contribution in [0.4, 0.5) is 0 Å². The van der Waals surface area contributed by atoms with Crippen LogP contribution in [-0.4, -0.2) is 27.0 Å². The maximum Gasteiger partial charge on any atom is 0.253 e. The van der Waals surface area contributed by atoms with Crippen molar-refractivity contribution in [1.82, 2.24) is 19.9 Å². The van der Waals surface area contributed by atoms with Crippen LogP contribution < -0.4 is 5.32 Å². The number of hydrogen-bond acceptors (Lipinski definition) is 3. The van der Waals surface area contributed by atoms with E-state index in [2.05, 4.69) is 37.8 Å². The SMILES string of the molecule is C=C(Br)CNC(=O)c1ccc(-n2ccnc2)nc1. The molecule has 0 aliphatic carbocycles. The summed E-state index contributed by atoms with van der Waals surface area (Å²) < 4.78 is 2.49. The molecule has 2 aromatic rings. The van der Waals surface area contributed by atoms with Crippen LogP contribution in [0.1, 0.15) is 10.4 Å². The summed E-state index contributed by atoms with van der Waals surface area (Å²) in [5.41, 5.74) is 0.507. The predicted octanol–water partition coefficient (Wildman–Crippen LogP) is 1.91. The summed E-state index contributed by atoms with van der Waals surface area (Å²) in [6.45, 7) is 4.04. The van der Waals surface area contributed by atoms with Crippen LogP contribution in [-0.2, 0) is 0 Å². The van der Waals surface area contributed by atoms with E-state index in [1.54, 1.807) is 35.4 Å². The molecule has 92 valence electrons. The number of carbonyl (C=O) groups is 1. The van der Waals surface area contributed by atoms with Gasteiger partial charge in [0.1, 0.15) is 12.1 Å². The number of amides is 1. The van der Waals surface area contributed by atoms with Gasteiger partial charge >= 0.3 is 0 Å². The Balaban J connectivity index is 2.08. The van der Waals surface area contributed by atoms with Crippen molar-refractivity contribution in [2.45, 2.75) is 0 Å². The Kier molecular flexibility index (Phi) is 3.88. The van der Waals surface area contributed by atoms with E-state index in [-0.39, 0.29) is 5.91 Å². The van der Waals surface area contributed by atoms with Gasteiger partial charge in [-0.1, -0.05) is 22.5 Å². The van der Waals surface area contributed by atoms with Crippen LogP contribution in [0.5, 0.6) is 0 Å². The Bertz CT molecular complexity index is 548. The highest BCUT2D eigenvalue weighted by molar-refractivity contribution is 9.11. The predicted molar refractivity (Wildman–Crippen MR) is 71.8 cm³/mol. The summed E-state index contributed by atoms with van der Waals surface area (Å²) in [6.07, 6.45) is 6.64. The third kappa shape index (κ3) is 3.04. The Morgan fingerprint density at radius 2 is 2.33 bits per heavy atom. The lowest BCUT2D eigenvalue weighted by molar-refractivity contribution is 0.0957. The largest absolute Gasteiger partial charge is 0.347 e. The van der Waals surface area contributed by atoms with Crippen molar-refractivity contribution in [2.24, 2.45) is 0 Å². The number of imidazole rings is 1. The maximum absolute atomic E-state index is 11.7. The van der Waals surface area contributed by atoms with Gasteiger partial charge < -0.3 is 5.32 Å². The van der Waals surface area contributed by atoms with Crippen molar-refractivity contribution in [2.75, 3.05) is 6.54 Å². The number of carbonyl (C=O) groups excluding carboxylic acids is 1. The molecule has 2 rings (SSSR count). The highest BCUT2D eigenvalue weighted by atomic mass is 79.9. The van der Waals surface area contributed by atoms with Gasteiger partial charge in [0.2, 0.25) is 0 Å². The van der Waals surface area contributed by atoms with E-state index < -0.39 is 0 Å². The van der Waals surface area contributed by atoms with Crippen molar-refractivity contribution in [3.63, 3.8) is 0 Å². The molecule has 0 aromatic carbocycles. The first-order chi connectivity index (χ1) is 8.66. The number of nitrogens with zero attached hydrogens (tertiary/aromatic N) is 3. The van der Waals surface area contributed by atoms with Gasteiger partial charge in [-0.25, -0.2) is 9.97 Å². The Morgan fingerprint density at radius 1 is 1.50 bits per heavy atom. The number of nitrogens with one attached hydrogen (secondary N) is 1. The van der Waals surface area contributed by atoms with Crippen LogP contribution in [0.25, 0.3) is 5.82 Å². The minimum absolute atomic E-state index is 0.180. The van der Waals surface area contributed by atoms with Crippen LogP contribution in [0.3, 0.4) is 0 Å². The van der Waals surface area contributed by atoms with Crippen molar-refractivity contribution in [3.8, 4) is 5.82 Å². The zero-order valence-electron chi connectivity index (χ0n) is 9.51. The molecule has 0 fully saturated rings. The first-order valence-corrected chi connectivity index (χ1v) is 6.02. The monoisotopic (exact) mass is 306 g/mol. The van der Waals surface area contributed by atoms with E-state index in [0.29, 0.717) is 17.9 Å². The molecule has 2 aromatic heterocycles. The molecule has 18 heavy (non-hydrogen) atoms. The molecule has 1 amide bonds. The number of halogens is 1. The van der Waals surface area contributed by atoms with E-state index in [0.717, 1.165) is 4.48 Å². The quantitative estimate of drug-likeness (QED) is 0.938. The molecule has 0 aliphatic rings. The second kappa shape index (κ2) is 5.59. The van der Waals surface area contributed by atoms with Gasteiger partial charge in [-0.05, 0) is 12.1 Å². The molecule has 0 radical (unpaired) electrons. The molecule has 0 spiro atoms. The van der Waals surface area contributed by atoms with Gasteiger partial charge in [-0.15, -0.1) is 0 Å². The Hall–Kier alpha value is -1.95. The standard InChI is InChI=1S/C12H11BrN4O/c1-9(13)6-16-12(18)10-2-3-11(15-7-10)17-5-4-14-8-17/h2-5,7-8H,1,6H2,(H,16,18). The average Bonchev–Trinajstić information content (AvgIpc) is 2.90. The lowest BCUT2D eigenvalue weighted by Crippen LogP contribution is -2.24. The number of rotatable bonds is 4. The highest BCUT2D eigenvalue weighted by Crippen LogP contribution is 2.06. The van der Waals surface area contributed by atoms with Crippen LogP contribution >= 0.6 is 15.9 Å². The van der Waals surface area contributed by atoms with Gasteiger partial charge in [-0.2, -0.15) is 0 Å². The molecular formula is C12H11BrN4O. The number of aromatic nitrogens is 3. The Morgan fingerprint density at radius 3 is 2.89 bits per heavy atom. The average molecular weight is 307 g/mol. The van der Waals surface area contributed by atoms with Crippen molar-refractivity contribution in [3.05, 3.63) is 53.7 Å². The minimum Gasteiger partial charge on any atom is -0.347 e. The molecular weight excluding hydrogens is 296 g/mol. The van der Waals surface area contributed by atoms with Crippen LogP contribution in [0.2, 0.25) is 0 Å². The zero-order chi connectivity index (χ0) is 13.0. The first kappa shape index (κ1) is 12.5. The first-order valence-electron chi connectivity index (χ1n) is 5.22. The molecule has 5 nitrogen and oxygen atoms in total. The molecule has 1 N–H and O–H groups in total. The summed E-state index contributed by atoms with van der Waals surface area (Å²) in [5.74, 6) is 0.536. The van der Waals surface area contributed by atoms with Crippen LogP contribution in [0, 0.1) is 0 Å². The molecule has 0 bridgehead atoms. The normalized spacial score (nSPS) is 10.1. The summed E-state index contributed by atoms with van der Waals surface area (Å²) >= 11 is 3.18. The zero-order valence-corrected chi connectivity index (χ0v) is 11.1. The second-order valence-electron chi connectivity index (χ2n) is 3.57. The fraction of sp³-hybridized carbons (Fsp3) is 0.0833. The molecule has 0 saturated heterocycles. The summed E-state index contributed by atoms with van der Waals surface area (Å²) in [7, 11) is 0. The topological polar surface area (TPSA) is 59.8 Å². The lowest BCUT2D eigenvalue weighted by atomic mass is 10.2. The minimum atomic E-state index is -0.180. The van der Waals surface area contributed by atoms with Crippen molar-refractivity contribution < 1.29 is 4.79 Å². The molecule has 0 aliphatic heterocycles. The Labute approximate surface area is 113 Å². The van der Waals surface area contributed by atoms with E-state index in [9.17, 15) is 4.79 Å². The van der Waals surface area contributed by atoms with Gasteiger partial charge in [-0.3, -0.25) is 9.36 Å².